The number of fused-ring (bicyclic) bond motifs is 4. The van der Waals surface area contributed by atoms with Crippen LogP contribution in [0.3, 0.4) is 0 Å². The molecule has 0 spiro atoms. The lowest BCUT2D eigenvalue weighted by Gasteiger charge is -2.50. The Morgan fingerprint density at radius 1 is 1.09 bits per heavy atom. The predicted molar refractivity (Wildman–Crippen MR) is 82.7 cm³/mol. The van der Waals surface area contributed by atoms with E-state index < -0.39 is 0 Å². The van der Waals surface area contributed by atoms with Crippen LogP contribution in [0.25, 0.3) is 0 Å². The standard InChI is InChI=1S/C18H20N2O2/c21-17-8-4-7-16-15-9-14(12-20(16)17)11-19(18(15)22)10-13-5-2-1-3-6-13/h1-7,14-16H,8-12H2/t14?,15-,16+/m1/s1. The van der Waals surface area contributed by atoms with Crippen LogP contribution in [0, 0.1) is 11.8 Å². The molecule has 2 bridgehead atoms. The molecule has 114 valence electrons. The Bertz CT molecular complexity index is 625. The summed E-state index contributed by atoms with van der Waals surface area (Å²) < 4.78 is 0. The number of likely N-dealkylation sites (tertiary alicyclic amines) is 1. The van der Waals surface area contributed by atoms with Gasteiger partial charge in [0.15, 0.2) is 0 Å². The van der Waals surface area contributed by atoms with Crippen molar-refractivity contribution < 1.29 is 9.59 Å². The van der Waals surface area contributed by atoms with Crippen molar-refractivity contribution in [2.24, 2.45) is 11.8 Å². The first-order valence-electron chi connectivity index (χ1n) is 8.01. The summed E-state index contributed by atoms with van der Waals surface area (Å²) in [4.78, 5) is 28.9. The minimum absolute atomic E-state index is 0.0245. The minimum atomic E-state index is -0.0586. The van der Waals surface area contributed by atoms with Gasteiger partial charge in [0.25, 0.3) is 0 Å². The molecule has 0 aliphatic carbocycles. The SMILES string of the molecule is O=C1[C@@H]2CC(CN1Cc1ccccc1)CN1C(=O)CC=C[C@@H]21. The number of hydrogen-bond donors (Lipinski definition) is 0. The second-order valence-electron chi connectivity index (χ2n) is 6.58. The monoisotopic (exact) mass is 296 g/mol. The largest absolute Gasteiger partial charge is 0.338 e. The molecule has 0 radical (unpaired) electrons. The maximum Gasteiger partial charge on any atom is 0.228 e. The maximum atomic E-state index is 12.9. The molecule has 2 amide bonds. The number of piperidine rings is 2. The van der Waals surface area contributed by atoms with E-state index in [-0.39, 0.29) is 23.8 Å². The summed E-state index contributed by atoms with van der Waals surface area (Å²) in [5, 5.41) is 0. The molecular weight excluding hydrogens is 276 g/mol. The second-order valence-corrected chi connectivity index (χ2v) is 6.58. The smallest absolute Gasteiger partial charge is 0.228 e. The van der Waals surface area contributed by atoms with E-state index in [2.05, 4.69) is 18.2 Å². The zero-order chi connectivity index (χ0) is 15.1. The van der Waals surface area contributed by atoms with Gasteiger partial charge in [-0.25, -0.2) is 0 Å². The summed E-state index contributed by atoms with van der Waals surface area (Å²) in [5.74, 6) is 0.732. The summed E-state index contributed by atoms with van der Waals surface area (Å²) in [6.45, 7) is 2.24. The fourth-order valence-electron chi connectivity index (χ4n) is 4.08. The average Bonchev–Trinajstić information content (AvgIpc) is 2.54. The zero-order valence-corrected chi connectivity index (χ0v) is 12.5. The van der Waals surface area contributed by atoms with Gasteiger partial charge in [0.1, 0.15) is 0 Å². The van der Waals surface area contributed by atoms with Crippen molar-refractivity contribution in [3.05, 3.63) is 48.0 Å². The van der Waals surface area contributed by atoms with Gasteiger partial charge in [-0.1, -0.05) is 42.5 Å². The number of nitrogens with zero attached hydrogens (tertiary/aromatic N) is 2. The summed E-state index contributed by atoms with van der Waals surface area (Å²) in [6.07, 6.45) is 5.39. The van der Waals surface area contributed by atoms with Crippen LogP contribution in [0.4, 0.5) is 0 Å². The Kier molecular flexibility index (Phi) is 3.25. The topological polar surface area (TPSA) is 40.6 Å². The first-order valence-corrected chi connectivity index (χ1v) is 8.01. The lowest BCUT2D eigenvalue weighted by Crippen LogP contribution is -2.61. The van der Waals surface area contributed by atoms with Crippen LogP contribution in [0.15, 0.2) is 42.5 Å². The van der Waals surface area contributed by atoms with Crippen molar-refractivity contribution in [3.63, 3.8) is 0 Å². The number of benzene rings is 1. The summed E-state index contributed by atoms with van der Waals surface area (Å²) in [6, 6.07) is 10.1. The molecule has 0 saturated carbocycles. The van der Waals surface area contributed by atoms with Crippen LogP contribution in [0.1, 0.15) is 18.4 Å². The van der Waals surface area contributed by atoms with Crippen molar-refractivity contribution in [1.82, 2.24) is 9.80 Å². The third-order valence-corrected chi connectivity index (χ3v) is 5.08. The van der Waals surface area contributed by atoms with Gasteiger partial charge < -0.3 is 9.80 Å². The Morgan fingerprint density at radius 3 is 2.73 bits per heavy atom. The van der Waals surface area contributed by atoms with Gasteiger partial charge in [-0.2, -0.15) is 0 Å². The van der Waals surface area contributed by atoms with Gasteiger partial charge >= 0.3 is 0 Å². The number of carbonyl (C=O) groups excluding carboxylic acids is 2. The first-order chi connectivity index (χ1) is 10.7. The van der Waals surface area contributed by atoms with Crippen LogP contribution >= 0.6 is 0 Å². The van der Waals surface area contributed by atoms with E-state index in [0.717, 1.165) is 19.5 Å². The fraction of sp³-hybridized carbons (Fsp3) is 0.444. The summed E-state index contributed by atoms with van der Waals surface area (Å²) in [7, 11) is 0. The van der Waals surface area contributed by atoms with Crippen LogP contribution in [0.2, 0.25) is 0 Å². The molecule has 2 saturated heterocycles. The normalized spacial score (nSPS) is 30.5. The van der Waals surface area contributed by atoms with E-state index in [0.29, 0.717) is 18.9 Å². The Morgan fingerprint density at radius 2 is 1.91 bits per heavy atom. The third kappa shape index (κ3) is 2.23. The van der Waals surface area contributed by atoms with E-state index >= 15 is 0 Å². The van der Waals surface area contributed by atoms with Crippen LogP contribution in [0.5, 0.6) is 0 Å². The highest BCUT2D eigenvalue weighted by atomic mass is 16.2. The molecule has 4 nitrogen and oxygen atoms in total. The van der Waals surface area contributed by atoms with Gasteiger partial charge in [-0.15, -0.1) is 0 Å². The quantitative estimate of drug-likeness (QED) is 0.781. The van der Waals surface area contributed by atoms with Crippen molar-refractivity contribution in [3.8, 4) is 0 Å². The molecule has 2 fully saturated rings. The van der Waals surface area contributed by atoms with Gasteiger partial charge in [0.2, 0.25) is 11.8 Å². The zero-order valence-electron chi connectivity index (χ0n) is 12.5. The van der Waals surface area contributed by atoms with Gasteiger partial charge in [0, 0.05) is 26.1 Å². The summed E-state index contributed by atoms with van der Waals surface area (Å²) >= 11 is 0. The molecule has 0 aromatic heterocycles. The number of carbonyl (C=O) groups is 2. The highest BCUT2D eigenvalue weighted by Gasteiger charge is 2.46. The maximum absolute atomic E-state index is 12.9. The minimum Gasteiger partial charge on any atom is -0.338 e. The second kappa shape index (κ2) is 5.27. The third-order valence-electron chi connectivity index (χ3n) is 5.08. The first kappa shape index (κ1) is 13.6. The molecule has 4 rings (SSSR count). The molecule has 1 aromatic carbocycles. The molecule has 3 heterocycles. The van der Waals surface area contributed by atoms with Crippen molar-refractivity contribution >= 4 is 11.8 Å². The molecular formula is C18H20N2O2. The van der Waals surface area contributed by atoms with E-state index in [1.165, 1.54) is 5.56 Å². The van der Waals surface area contributed by atoms with Crippen molar-refractivity contribution in [2.75, 3.05) is 13.1 Å². The van der Waals surface area contributed by atoms with Crippen molar-refractivity contribution in [1.29, 1.82) is 0 Å². The fourth-order valence-corrected chi connectivity index (χ4v) is 4.08. The highest BCUT2D eigenvalue weighted by Crippen LogP contribution is 2.36. The highest BCUT2D eigenvalue weighted by molar-refractivity contribution is 5.85. The lowest BCUT2D eigenvalue weighted by molar-refractivity contribution is -0.153. The van der Waals surface area contributed by atoms with E-state index in [1.807, 2.05) is 34.1 Å². The van der Waals surface area contributed by atoms with Crippen LogP contribution in [-0.2, 0) is 16.1 Å². The Hall–Kier alpha value is -2.10. The van der Waals surface area contributed by atoms with Gasteiger partial charge in [-0.05, 0) is 17.9 Å². The average molecular weight is 296 g/mol. The Labute approximate surface area is 130 Å². The van der Waals surface area contributed by atoms with E-state index in [9.17, 15) is 9.59 Å². The summed E-state index contributed by atoms with van der Waals surface area (Å²) in [5.41, 5.74) is 1.17. The Balaban J connectivity index is 1.57. The molecule has 1 unspecified atom stereocenters. The van der Waals surface area contributed by atoms with E-state index in [4.69, 9.17) is 0 Å². The van der Waals surface area contributed by atoms with Gasteiger partial charge in [-0.3, -0.25) is 9.59 Å². The number of hydrogen-bond acceptors (Lipinski definition) is 2. The van der Waals surface area contributed by atoms with E-state index in [1.54, 1.807) is 0 Å². The van der Waals surface area contributed by atoms with Crippen LogP contribution < -0.4 is 0 Å². The van der Waals surface area contributed by atoms with Crippen LogP contribution in [-0.4, -0.2) is 40.7 Å². The molecule has 3 atom stereocenters. The molecule has 3 aliphatic rings. The molecule has 0 N–H and O–H groups in total. The van der Waals surface area contributed by atoms with Gasteiger partial charge in [0.05, 0.1) is 12.0 Å². The number of rotatable bonds is 2. The molecule has 1 aromatic rings. The number of amides is 2. The van der Waals surface area contributed by atoms with Crippen molar-refractivity contribution in [2.45, 2.75) is 25.4 Å². The predicted octanol–water partition coefficient (Wildman–Crippen LogP) is 1.82. The molecule has 4 heteroatoms. The lowest BCUT2D eigenvalue weighted by atomic mass is 9.77. The molecule has 3 aliphatic heterocycles. The molecule has 22 heavy (non-hydrogen) atoms.